The molecule has 16 nitrogen and oxygen atoms in total. The molecular formula is C55H60N10O6S. The number of piperazine rings is 1. The van der Waals surface area contributed by atoms with Crippen molar-refractivity contribution in [2.75, 3.05) is 73.3 Å². The molecule has 0 unspecified atom stereocenters. The Bertz CT molecular complexity index is 3020. The van der Waals surface area contributed by atoms with Gasteiger partial charge in [-0.3, -0.25) is 35.4 Å². The predicted octanol–water partition coefficient (Wildman–Crippen LogP) is 9.03. The van der Waals surface area contributed by atoms with Crippen molar-refractivity contribution in [1.82, 2.24) is 25.1 Å². The van der Waals surface area contributed by atoms with Crippen LogP contribution < -0.4 is 30.5 Å². The number of nitrogens with zero attached hydrogens (tertiary/aromatic N) is 6. The molecule has 2 aromatic heterocycles. The molecular weight excluding hydrogens is 929 g/mol. The Hall–Kier alpha value is -7.37. The van der Waals surface area contributed by atoms with E-state index in [1.54, 1.807) is 0 Å². The van der Waals surface area contributed by atoms with Crippen LogP contribution in [0.5, 0.6) is 5.75 Å². The summed E-state index contributed by atoms with van der Waals surface area (Å²) in [6.07, 6.45) is 7.48. The van der Waals surface area contributed by atoms with Crippen LogP contribution in [0.25, 0.3) is 21.3 Å². The summed E-state index contributed by atoms with van der Waals surface area (Å²) in [5.74, 6) is 0.387. The lowest BCUT2D eigenvalue weighted by atomic mass is 9.84. The van der Waals surface area contributed by atoms with Gasteiger partial charge in [0.05, 0.1) is 16.3 Å². The second-order valence-electron chi connectivity index (χ2n) is 19.2. The van der Waals surface area contributed by atoms with E-state index >= 15 is 0 Å². The zero-order valence-corrected chi connectivity index (χ0v) is 41.5. The number of carbonyl (C=O) groups excluding carboxylic acids is 3. The molecule has 4 aliphatic rings. The van der Waals surface area contributed by atoms with Crippen molar-refractivity contribution in [3.05, 3.63) is 125 Å². The van der Waals surface area contributed by atoms with Crippen LogP contribution >= 0.6 is 11.3 Å². The van der Waals surface area contributed by atoms with Crippen LogP contribution in [0.3, 0.4) is 0 Å². The molecule has 3 fully saturated rings. The van der Waals surface area contributed by atoms with Crippen LogP contribution in [0.4, 0.5) is 27.1 Å². The topological polar surface area (TPSA) is 196 Å². The number of imide groups is 1. The van der Waals surface area contributed by atoms with Gasteiger partial charge in [-0.1, -0.05) is 47.7 Å². The first-order valence-corrected chi connectivity index (χ1v) is 25.8. The number of para-hydroxylation sites is 1. The molecule has 0 atom stereocenters. The van der Waals surface area contributed by atoms with Gasteiger partial charge in [0.25, 0.3) is 5.91 Å². The molecule has 72 heavy (non-hydrogen) atoms. The molecule has 0 spiro atoms. The fraction of sp³-hybridized carbons (Fsp3) is 0.364. The Balaban J connectivity index is 0.703. The standard InChI is InChI=1S/C55H60N10O6S/c1-34-39(40-21-22-48(59-50(40)53(68)69)64-26-23-36-9-5-11-41(43(36)33-64)52(67)61-54-58-44-12-3-4-14-47(44)72-54)10-6-13-46(34)71-38-18-15-35(16-19-38)8-7-25-62-28-30-63(31-29-62)37-17-20-42(45(32-37)57-2)51(56)65-27-24-49(66)60-55(65)70/h3-6,9-14,17,20-22,32,35,38,56-57H,7-8,15-16,18-19,23-31,33H2,1-2H3,(H,68,69)(H,58,61,67)(H,60,66,70). The van der Waals surface area contributed by atoms with Crippen molar-refractivity contribution >= 4 is 73.5 Å². The zero-order valence-electron chi connectivity index (χ0n) is 40.7. The van der Waals surface area contributed by atoms with Crippen LogP contribution in [0.2, 0.25) is 0 Å². The van der Waals surface area contributed by atoms with E-state index in [1.807, 2.05) is 110 Å². The van der Waals surface area contributed by atoms with Crippen LogP contribution in [0.1, 0.15) is 88.0 Å². The van der Waals surface area contributed by atoms with E-state index in [0.717, 1.165) is 114 Å². The summed E-state index contributed by atoms with van der Waals surface area (Å²) in [7, 11) is 1.81. The maximum absolute atomic E-state index is 13.7. The predicted molar refractivity (Wildman–Crippen MR) is 282 cm³/mol. The Morgan fingerprint density at radius 1 is 0.847 bits per heavy atom. The molecule has 3 aliphatic heterocycles. The Morgan fingerprint density at radius 2 is 1.65 bits per heavy atom. The number of anilines is 4. The SMILES string of the molecule is CNc1cc(N2CCN(CCCC3CCC(Oc4cccc(-c5ccc(N6CCc7cccc(C(=O)Nc8nc9ccccc9s8)c7C6)nc5C(=O)O)c4C)CC3)CC2)ccc1C(=N)N1CCC(=O)NC1=O. The number of carboxylic acid groups (broad SMARTS) is 1. The lowest BCUT2D eigenvalue weighted by molar-refractivity contribution is -0.121. The number of rotatable bonds is 14. The van der Waals surface area contributed by atoms with Gasteiger partial charge in [-0.25, -0.2) is 19.6 Å². The molecule has 5 heterocycles. The highest BCUT2D eigenvalue weighted by Gasteiger charge is 2.30. The van der Waals surface area contributed by atoms with E-state index in [-0.39, 0.29) is 42.4 Å². The number of amidine groups is 1. The number of hydrogen-bond donors (Lipinski definition) is 5. The first kappa shape index (κ1) is 48.3. The Morgan fingerprint density at radius 3 is 2.43 bits per heavy atom. The number of hydrogen-bond acceptors (Lipinski definition) is 13. The molecule has 10 rings (SSSR count). The fourth-order valence-electron chi connectivity index (χ4n) is 10.7. The lowest BCUT2D eigenvalue weighted by Crippen LogP contribution is -2.52. The van der Waals surface area contributed by atoms with Crippen molar-refractivity contribution < 1.29 is 29.0 Å². The molecule has 5 N–H and O–H groups in total. The molecule has 4 amide bonds. The minimum atomic E-state index is -1.11. The van der Waals surface area contributed by atoms with Crippen molar-refractivity contribution in [1.29, 1.82) is 5.41 Å². The molecule has 6 aromatic rings. The minimum absolute atomic E-state index is 0.0255. The third-order valence-electron chi connectivity index (χ3n) is 14.8. The third-order valence-corrected chi connectivity index (χ3v) is 15.7. The van der Waals surface area contributed by atoms with Gasteiger partial charge in [-0.15, -0.1) is 0 Å². The number of amides is 4. The average molecular weight is 989 g/mol. The van der Waals surface area contributed by atoms with Gasteiger partial charge >= 0.3 is 12.0 Å². The summed E-state index contributed by atoms with van der Waals surface area (Å²) in [5, 5.41) is 28.3. The number of urea groups is 1. The summed E-state index contributed by atoms with van der Waals surface area (Å²) >= 11 is 1.43. The van der Waals surface area contributed by atoms with Crippen LogP contribution in [0.15, 0.2) is 91.0 Å². The summed E-state index contributed by atoms with van der Waals surface area (Å²) in [6.45, 7) is 8.06. The van der Waals surface area contributed by atoms with Crippen LogP contribution in [-0.4, -0.2) is 113 Å². The van der Waals surface area contributed by atoms with Gasteiger partial charge in [-0.2, -0.15) is 0 Å². The van der Waals surface area contributed by atoms with Crippen LogP contribution in [0, 0.1) is 18.3 Å². The number of carboxylic acids is 1. The van der Waals surface area contributed by atoms with E-state index in [1.165, 1.54) is 22.7 Å². The highest BCUT2D eigenvalue weighted by molar-refractivity contribution is 7.22. The van der Waals surface area contributed by atoms with Gasteiger partial charge in [0, 0.05) is 87.3 Å². The number of nitrogens with one attached hydrogen (secondary N) is 4. The van der Waals surface area contributed by atoms with Gasteiger partial charge in [0.1, 0.15) is 17.4 Å². The molecule has 0 radical (unpaired) electrons. The maximum Gasteiger partial charge on any atom is 0.355 e. The number of benzene rings is 4. The molecule has 372 valence electrons. The number of pyridine rings is 1. The molecule has 2 saturated heterocycles. The quantitative estimate of drug-likeness (QED) is 0.0514. The molecule has 1 aliphatic carbocycles. The number of thiazole rings is 1. The second kappa shape index (κ2) is 21.2. The Kier molecular flexibility index (Phi) is 14.2. The summed E-state index contributed by atoms with van der Waals surface area (Å²) in [5.41, 5.74) is 8.01. The van der Waals surface area contributed by atoms with Crippen molar-refractivity contribution in [3.8, 4) is 16.9 Å². The smallest absolute Gasteiger partial charge is 0.355 e. The summed E-state index contributed by atoms with van der Waals surface area (Å²) in [6, 6.07) is 28.5. The highest BCUT2D eigenvalue weighted by atomic mass is 32.1. The first-order valence-electron chi connectivity index (χ1n) is 25.0. The minimum Gasteiger partial charge on any atom is -0.490 e. The molecule has 1 saturated carbocycles. The maximum atomic E-state index is 13.7. The van der Waals surface area contributed by atoms with Crippen molar-refractivity contribution in [2.24, 2.45) is 5.92 Å². The van der Waals surface area contributed by atoms with Crippen molar-refractivity contribution in [3.63, 3.8) is 0 Å². The number of aromatic carboxylic acids is 1. The zero-order chi connectivity index (χ0) is 49.9. The van der Waals surface area contributed by atoms with E-state index in [0.29, 0.717) is 53.1 Å². The normalized spacial score (nSPS) is 18.4. The third kappa shape index (κ3) is 10.3. The van der Waals surface area contributed by atoms with Crippen molar-refractivity contribution in [2.45, 2.75) is 70.9 Å². The number of ether oxygens (including phenoxy) is 1. The average Bonchev–Trinajstić information content (AvgIpc) is 3.81. The first-order chi connectivity index (χ1) is 35.0. The van der Waals surface area contributed by atoms with E-state index in [4.69, 9.17) is 15.1 Å². The van der Waals surface area contributed by atoms with Crippen LogP contribution in [-0.2, 0) is 17.8 Å². The number of carbonyl (C=O) groups is 4. The largest absolute Gasteiger partial charge is 0.490 e. The molecule has 0 bridgehead atoms. The van der Waals surface area contributed by atoms with Gasteiger partial charge < -0.3 is 25.0 Å². The molecule has 4 aromatic carbocycles. The highest BCUT2D eigenvalue weighted by Crippen LogP contribution is 2.37. The fourth-order valence-corrected chi connectivity index (χ4v) is 11.6. The van der Waals surface area contributed by atoms with E-state index in [9.17, 15) is 24.3 Å². The van der Waals surface area contributed by atoms with E-state index < -0.39 is 12.0 Å². The van der Waals surface area contributed by atoms with Gasteiger partial charge in [0.15, 0.2) is 10.8 Å². The number of fused-ring (bicyclic) bond motifs is 2. The Labute approximate surface area is 422 Å². The summed E-state index contributed by atoms with van der Waals surface area (Å²) in [4.78, 5) is 68.2. The number of aromatic nitrogens is 2. The van der Waals surface area contributed by atoms with Gasteiger partial charge in [0.2, 0.25) is 5.91 Å². The second-order valence-corrected chi connectivity index (χ2v) is 20.2. The monoisotopic (exact) mass is 988 g/mol. The van der Waals surface area contributed by atoms with E-state index in [2.05, 4.69) is 30.7 Å². The summed E-state index contributed by atoms with van der Waals surface area (Å²) < 4.78 is 7.68. The molecule has 17 heteroatoms. The lowest BCUT2D eigenvalue weighted by Gasteiger charge is -2.37. The van der Waals surface area contributed by atoms with Gasteiger partial charge in [-0.05, 0) is 141 Å².